The lowest BCUT2D eigenvalue weighted by Gasteiger charge is -2.27. The van der Waals surface area contributed by atoms with E-state index in [-0.39, 0.29) is 23.8 Å². The molecule has 2 aliphatic rings. The van der Waals surface area contributed by atoms with Crippen LogP contribution in [0.3, 0.4) is 0 Å². The van der Waals surface area contributed by atoms with E-state index in [1.54, 1.807) is 12.1 Å². The monoisotopic (exact) mass is 324 g/mol. The molecule has 5 nitrogen and oxygen atoms in total. The molecule has 1 saturated carbocycles. The summed E-state index contributed by atoms with van der Waals surface area (Å²) in [5, 5.41) is 17.0. The highest BCUT2D eigenvalue weighted by atomic mass is 35.5. The van der Waals surface area contributed by atoms with E-state index in [2.05, 4.69) is 10.6 Å². The van der Waals surface area contributed by atoms with Crippen LogP contribution in [0.1, 0.15) is 12.8 Å². The average Bonchev–Trinajstić information content (AvgIpc) is 2.76. The first-order valence-electron chi connectivity index (χ1n) is 7.72. The van der Waals surface area contributed by atoms with Gasteiger partial charge in [-0.1, -0.05) is 17.7 Å². The summed E-state index contributed by atoms with van der Waals surface area (Å²) in [6.45, 7) is 2.00. The predicted octanol–water partition coefficient (Wildman–Crippen LogP) is 1.19. The van der Waals surface area contributed by atoms with E-state index >= 15 is 0 Å². The maximum Gasteiger partial charge on any atom is 0.225 e. The molecule has 3 N–H and O–H groups in total. The minimum atomic E-state index is -0.571. The Kier molecular flexibility index (Phi) is 4.86. The lowest BCUT2D eigenvalue weighted by molar-refractivity contribution is -0.126. The summed E-state index contributed by atoms with van der Waals surface area (Å²) in [4.78, 5) is 11.8. The van der Waals surface area contributed by atoms with Gasteiger partial charge in [0.15, 0.2) is 0 Å². The van der Waals surface area contributed by atoms with E-state index in [4.69, 9.17) is 16.3 Å². The fraction of sp³-hybridized carbons (Fsp3) is 0.562. The van der Waals surface area contributed by atoms with Crippen LogP contribution in [0.2, 0.25) is 5.02 Å². The van der Waals surface area contributed by atoms with E-state index in [9.17, 15) is 9.90 Å². The van der Waals surface area contributed by atoms with Gasteiger partial charge in [-0.15, -0.1) is 0 Å². The fourth-order valence-electron chi connectivity index (χ4n) is 2.94. The molecular weight excluding hydrogens is 304 g/mol. The number of carbonyl (C=O) groups excluding carboxylic acids is 1. The molecule has 3 atom stereocenters. The molecule has 0 radical (unpaired) electrons. The van der Waals surface area contributed by atoms with E-state index < -0.39 is 6.10 Å². The molecule has 3 rings (SSSR count). The van der Waals surface area contributed by atoms with Crippen LogP contribution in [0.5, 0.6) is 5.75 Å². The Balaban J connectivity index is 1.49. The number of halogens is 1. The van der Waals surface area contributed by atoms with Crippen molar-refractivity contribution in [1.82, 2.24) is 10.6 Å². The summed E-state index contributed by atoms with van der Waals surface area (Å²) in [6.07, 6.45) is 0.805. The third-order valence-electron chi connectivity index (χ3n) is 4.46. The molecule has 6 heteroatoms. The molecule has 1 amide bonds. The van der Waals surface area contributed by atoms with E-state index in [1.807, 2.05) is 12.1 Å². The maximum atomic E-state index is 11.8. The van der Waals surface area contributed by atoms with Gasteiger partial charge >= 0.3 is 0 Å². The molecule has 1 aliphatic heterocycles. The van der Waals surface area contributed by atoms with Gasteiger partial charge in [-0.25, -0.2) is 0 Å². The summed E-state index contributed by atoms with van der Waals surface area (Å²) in [7, 11) is 0. The zero-order valence-electron chi connectivity index (χ0n) is 12.3. The first kappa shape index (κ1) is 15.6. The van der Waals surface area contributed by atoms with Crippen molar-refractivity contribution in [3.8, 4) is 5.75 Å². The largest absolute Gasteiger partial charge is 0.488 e. The number of aliphatic hydroxyl groups excluding tert-OH is 1. The molecule has 0 unspecified atom stereocenters. The van der Waals surface area contributed by atoms with E-state index in [0.29, 0.717) is 17.3 Å². The fourth-order valence-corrected chi connectivity index (χ4v) is 3.12. The van der Waals surface area contributed by atoms with Crippen molar-refractivity contribution in [1.29, 1.82) is 0 Å². The van der Waals surface area contributed by atoms with Gasteiger partial charge in [-0.05, 0) is 31.0 Å². The smallest absolute Gasteiger partial charge is 0.225 e. The summed E-state index contributed by atoms with van der Waals surface area (Å²) < 4.78 is 5.83. The third kappa shape index (κ3) is 3.54. The zero-order valence-corrected chi connectivity index (χ0v) is 13.1. The second-order valence-electron chi connectivity index (χ2n) is 6.04. The average molecular weight is 325 g/mol. The molecular formula is C16H21ClN2O3. The van der Waals surface area contributed by atoms with Crippen molar-refractivity contribution in [2.75, 3.05) is 19.6 Å². The summed E-state index contributed by atoms with van der Waals surface area (Å²) in [5.74, 6) is 0.866. The van der Waals surface area contributed by atoms with Crippen molar-refractivity contribution < 1.29 is 14.6 Å². The number of amides is 1. The number of benzene rings is 1. The Morgan fingerprint density at radius 1 is 1.41 bits per heavy atom. The maximum absolute atomic E-state index is 11.8. The van der Waals surface area contributed by atoms with Gasteiger partial charge in [0.25, 0.3) is 0 Å². The lowest BCUT2D eigenvalue weighted by Crippen LogP contribution is -2.51. The van der Waals surface area contributed by atoms with E-state index in [0.717, 1.165) is 25.9 Å². The van der Waals surface area contributed by atoms with Crippen LogP contribution >= 0.6 is 11.6 Å². The normalized spacial score (nSPS) is 28.2. The van der Waals surface area contributed by atoms with Gasteiger partial charge in [0.1, 0.15) is 11.9 Å². The van der Waals surface area contributed by atoms with Crippen LogP contribution in [-0.2, 0) is 4.79 Å². The zero-order chi connectivity index (χ0) is 15.5. The van der Waals surface area contributed by atoms with Crippen LogP contribution in [0.15, 0.2) is 24.3 Å². The number of ether oxygens (including phenoxy) is 1. The second kappa shape index (κ2) is 6.86. The highest BCUT2D eigenvalue weighted by molar-refractivity contribution is 6.30. The van der Waals surface area contributed by atoms with Crippen molar-refractivity contribution in [2.24, 2.45) is 11.8 Å². The minimum Gasteiger partial charge on any atom is -0.488 e. The Morgan fingerprint density at radius 3 is 2.91 bits per heavy atom. The number of hydrogen-bond donors (Lipinski definition) is 3. The molecule has 0 spiro atoms. The molecule has 0 bridgehead atoms. The van der Waals surface area contributed by atoms with E-state index in [1.165, 1.54) is 0 Å². The molecule has 22 heavy (non-hydrogen) atoms. The standard InChI is InChI=1S/C16H21ClN2O3/c17-12-2-1-3-13(6-12)22-14-5-4-10(15(14)20)9-19-16(21)11-7-18-8-11/h1-3,6,10-11,14-15,18,20H,4-5,7-9H2,(H,19,21)/t10-,14-,15-/m1/s1. The first-order valence-corrected chi connectivity index (χ1v) is 8.10. The van der Waals surface area contributed by atoms with Crippen LogP contribution in [0, 0.1) is 11.8 Å². The molecule has 2 fully saturated rings. The van der Waals surface area contributed by atoms with Crippen LogP contribution in [-0.4, -0.2) is 42.9 Å². The van der Waals surface area contributed by atoms with Gasteiger partial charge < -0.3 is 20.5 Å². The van der Waals surface area contributed by atoms with Crippen LogP contribution in [0.25, 0.3) is 0 Å². The second-order valence-corrected chi connectivity index (χ2v) is 6.48. The Morgan fingerprint density at radius 2 is 2.23 bits per heavy atom. The molecule has 120 valence electrons. The number of hydrogen-bond acceptors (Lipinski definition) is 4. The molecule has 1 heterocycles. The van der Waals surface area contributed by atoms with Gasteiger partial charge in [0, 0.05) is 30.6 Å². The minimum absolute atomic E-state index is 0.0427. The van der Waals surface area contributed by atoms with Crippen molar-refractivity contribution in [2.45, 2.75) is 25.0 Å². The highest BCUT2D eigenvalue weighted by Crippen LogP contribution is 2.30. The first-order chi connectivity index (χ1) is 10.6. The Bertz CT molecular complexity index is 536. The van der Waals surface area contributed by atoms with Gasteiger partial charge in [0.2, 0.25) is 5.91 Å². The Hall–Kier alpha value is -1.30. The number of aliphatic hydroxyl groups is 1. The quantitative estimate of drug-likeness (QED) is 0.761. The summed E-state index contributed by atoms with van der Waals surface area (Å²) in [6, 6.07) is 7.18. The highest BCUT2D eigenvalue weighted by Gasteiger charge is 2.37. The van der Waals surface area contributed by atoms with Crippen LogP contribution in [0.4, 0.5) is 0 Å². The Labute approximate surface area is 135 Å². The lowest BCUT2D eigenvalue weighted by atomic mass is 10.0. The molecule has 1 aliphatic carbocycles. The topological polar surface area (TPSA) is 70.6 Å². The third-order valence-corrected chi connectivity index (χ3v) is 4.70. The van der Waals surface area contributed by atoms with Crippen molar-refractivity contribution >= 4 is 17.5 Å². The number of rotatable bonds is 5. The van der Waals surface area contributed by atoms with Crippen molar-refractivity contribution in [3.05, 3.63) is 29.3 Å². The van der Waals surface area contributed by atoms with Gasteiger partial charge in [-0.3, -0.25) is 4.79 Å². The number of carbonyl (C=O) groups is 1. The summed E-state index contributed by atoms with van der Waals surface area (Å²) >= 11 is 5.93. The number of nitrogens with one attached hydrogen (secondary N) is 2. The van der Waals surface area contributed by atoms with Gasteiger partial charge in [0.05, 0.1) is 12.0 Å². The molecule has 0 aromatic heterocycles. The van der Waals surface area contributed by atoms with Crippen molar-refractivity contribution in [3.63, 3.8) is 0 Å². The van der Waals surface area contributed by atoms with Gasteiger partial charge in [-0.2, -0.15) is 0 Å². The molecule has 1 aromatic carbocycles. The summed E-state index contributed by atoms with van der Waals surface area (Å²) in [5.41, 5.74) is 0. The molecule has 1 aromatic rings. The van der Waals surface area contributed by atoms with Crippen LogP contribution < -0.4 is 15.4 Å². The SMILES string of the molecule is O=C(NC[C@H]1CC[C@@H](Oc2cccc(Cl)c2)[C@@H]1O)C1CNC1. The molecule has 1 saturated heterocycles. The predicted molar refractivity (Wildman–Crippen MR) is 84.0 cm³/mol.